The van der Waals surface area contributed by atoms with Crippen LogP contribution in [0.15, 0.2) is 0 Å². The number of hydrogen-bond donors (Lipinski definition) is 1. The number of rotatable bonds is 3. The average molecular weight is 210 g/mol. The second kappa shape index (κ2) is 6.18. The monoisotopic (exact) mass is 209 g/mol. The van der Waals surface area contributed by atoms with Gasteiger partial charge in [0.25, 0.3) is 0 Å². The highest BCUT2D eigenvalue weighted by atomic mass is 35.5. The van der Waals surface area contributed by atoms with Crippen LogP contribution in [0.1, 0.15) is 12.8 Å². The topological polar surface area (TPSA) is 49.8 Å². The zero-order chi connectivity index (χ0) is 8.97. The Morgan fingerprint density at radius 1 is 1.54 bits per heavy atom. The minimum Gasteiger partial charge on any atom is -0.480 e. The minimum absolute atomic E-state index is 0. The third kappa shape index (κ3) is 5.08. The number of ether oxygens (including phenoxy) is 1. The van der Waals surface area contributed by atoms with Crippen molar-refractivity contribution in [3.05, 3.63) is 0 Å². The summed E-state index contributed by atoms with van der Waals surface area (Å²) in [4.78, 5) is 12.4. The summed E-state index contributed by atoms with van der Waals surface area (Å²) >= 11 is 0. The zero-order valence-electron chi connectivity index (χ0n) is 7.73. The van der Waals surface area contributed by atoms with Crippen molar-refractivity contribution in [2.45, 2.75) is 18.9 Å². The van der Waals surface area contributed by atoms with E-state index in [0.29, 0.717) is 0 Å². The highest BCUT2D eigenvalue weighted by Gasteiger charge is 2.17. The van der Waals surface area contributed by atoms with Gasteiger partial charge in [-0.2, -0.15) is 0 Å². The van der Waals surface area contributed by atoms with E-state index in [0.717, 1.165) is 25.9 Å². The lowest BCUT2D eigenvalue weighted by atomic mass is 10.1. The molecule has 5 heteroatoms. The van der Waals surface area contributed by atoms with E-state index in [4.69, 9.17) is 9.84 Å². The molecular weight excluding hydrogens is 194 g/mol. The molecule has 1 saturated heterocycles. The summed E-state index contributed by atoms with van der Waals surface area (Å²) in [6, 6.07) is 0. The fourth-order valence-electron chi connectivity index (χ4n) is 1.34. The van der Waals surface area contributed by atoms with Crippen LogP contribution in [0.25, 0.3) is 0 Å². The van der Waals surface area contributed by atoms with Gasteiger partial charge in [0, 0.05) is 13.1 Å². The molecule has 0 saturated carbocycles. The van der Waals surface area contributed by atoms with Crippen molar-refractivity contribution >= 4 is 18.4 Å². The number of piperidine rings is 1. The third-order valence-corrected chi connectivity index (χ3v) is 2.11. The van der Waals surface area contributed by atoms with E-state index in [2.05, 4.69) is 11.9 Å². The first kappa shape index (κ1) is 12.7. The third-order valence-electron chi connectivity index (χ3n) is 2.11. The van der Waals surface area contributed by atoms with Gasteiger partial charge in [-0.25, -0.2) is 4.79 Å². The molecule has 0 unspecified atom stereocenters. The summed E-state index contributed by atoms with van der Waals surface area (Å²) in [7, 11) is 2.06. The van der Waals surface area contributed by atoms with Gasteiger partial charge in [0.2, 0.25) is 0 Å². The Hall–Kier alpha value is -0.320. The first-order chi connectivity index (χ1) is 5.68. The lowest BCUT2D eigenvalue weighted by Gasteiger charge is -2.28. The van der Waals surface area contributed by atoms with Crippen LogP contribution < -0.4 is 0 Å². The van der Waals surface area contributed by atoms with Gasteiger partial charge >= 0.3 is 5.97 Å². The molecule has 0 spiro atoms. The average Bonchev–Trinajstić information content (AvgIpc) is 2.03. The largest absolute Gasteiger partial charge is 0.480 e. The van der Waals surface area contributed by atoms with E-state index < -0.39 is 5.97 Å². The predicted molar refractivity (Wildman–Crippen MR) is 51.4 cm³/mol. The summed E-state index contributed by atoms with van der Waals surface area (Å²) in [5, 5.41) is 8.36. The molecule has 0 aromatic carbocycles. The van der Waals surface area contributed by atoms with Gasteiger partial charge in [0.05, 0.1) is 6.10 Å². The first-order valence-electron chi connectivity index (χ1n) is 4.20. The Bertz CT molecular complexity index is 157. The number of carbonyl (C=O) groups is 1. The predicted octanol–water partition coefficient (Wildman–Crippen LogP) is 0.604. The smallest absolute Gasteiger partial charge is 0.329 e. The fraction of sp³-hybridized carbons (Fsp3) is 0.875. The Morgan fingerprint density at radius 3 is 2.54 bits per heavy atom. The minimum atomic E-state index is -0.881. The molecule has 1 rings (SSSR count). The van der Waals surface area contributed by atoms with Crippen LogP contribution in [-0.4, -0.2) is 48.8 Å². The summed E-state index contributed by atoms with van der Waals surface area (Å²) in [5.41, 5.74) is 0. The molecular formula is C8H16ClNO3. The van der Waals surface area contributed by atoms with Crippen LogP contribution in [0.5, 0.6) is 0 Å². The summed E-state index contributed by atoms with van der Waals surface area (Å²) in [5.74, 6) is -0.881. The highest BCUT2D eigenvalue weighted by Crippen LogP contribution is 2.11. The van der Waals surface area contributed by atoms with E-state index in [1.165, 1.54) is 0 Å². The van der Waals surface area contributed by atoms with Crippen molar-refractivity contribution in [2.75, 3.05) is 26.7 Å². The van der Waals surface area contributed by atoms with Crippen molar-refractivity contribution in [2.24, 2.45) is 0 Å². The number of halogens is 1. The molecule has 0 aromatic heterocycles. The second-order valence-electron chi connectivity index (χ2n) is 3.21. The molecule has 1 heterocycles. The van der Waals surface area contributed by atoms with Crippen LogP contribution in [0.2, 0.25) is 0 Å². The van der Waals surface area contributed by atoms with E-state index in [9.17, 15) is 4.79 Å². The van der Waals surface area contributed by atoms with Crippen molar-refractivity contribution in [1.82, 2.24) is 4.90 Å². The van der Waals surface area contributed by atoms with Gasteiger partial charge < -0.3 is 14.7 Å². The highest BCUT2D eigenvalue weighted by molar-refractivity contribution is 5.85. The molecule has 1 aliphatic rings. The normalized spacial score (nSPS) is 19.5. The quantitative estimate of drug-likeness (QED) is 0.740. The van der Waals surface area contributed by atoms with Gasteiger partial charge in [0.15, 0.2) is 0 Å². The molecule has 4 nitrogen and oxygen atoms in total. The molecule has 0 aliphatic carbocycles. The van der Waals surface area contributed by atoms with Crippen LogP contribution >= 0.6 is 12.4 Å². The molecule has 0 aromatic rings. The molecule has 0 radical (unpaired) electrons. The molecule has 0 bridgehead atoms. The van der Waals surface area contributed by atoms with E-state index >= 15 is 0 Å². The van der Waals surface area contributed by atoms with Crippen molar-refractivity contribution in [3.8, 4) is 0 Å². The lowest BCUT2D eigenvalue weighted by Crippen LogP contribution is -2.35. The SMILES string of the molecule is CN1CCC(OCC(=O)O)CC1.Cl. The molecule has 1 N–H and O–H groups in total. The Balaban J connectivity index is 0.00000144. The van der Waals surface area contributed by atoms with Gasteiger partial charge in [-0.1, -0.05) is 0 Å². The molecule has 78 valence electrons. The molecule has 0 amide bonds. The van der Waals surface area contributed by atoms with Crippen molar-refractivity contribution < 1.29 is 14.6 Å². The van der Waals surface area contributed by atoms with Crippen LogP contribution in [0, 0.1) is 0 Å². The standard InChI is InChI=1S/C8H15NO3.ClH/c1-9-4-2-7(3-5-9)12-6-8(10)11;/h7H,2-6H2,1H3,(H,10,11);1H. The number of aliphatic carboxylic acids is 1. The number of likely N-dealkylation sites (tertiary alicyclic amines) is 1. The maximum atomic E-state index is 10.2. The second-order valence-corrected chi connectivity index (χ2v) is 3.21. The van der Waals surface area contributed by atoms with Gasteiger partial charge in [0.1, 0.15) is 6.61 Å². The first-order valence-corrected chi connectivity index (χ1v) is 4.20. The Morgan fingerprint density at radius 2 is 2.08 bits per heavy atom. The van der Waals surface area contributed by atoms with Crippen molar-refractivity contribution in [3.63, 3.8) is 0 Å². The number of nitrogens with zero attached hydrogens (tertiary/aromatic N) is 1. The van der Waals surface area contributed by atoms with Crippen LogP contribution in [0.4, 0.5) is 0 Å². The molecule has 0 atom stereocenters. The van der Waals surface area contributed by atoms with E-state index in [1.54, 1.807) is 0 Å². The molecule has 1 fully saturated rings. The maximum Gasteiger partial charge on any atom is 0.329 e. The van der Waals surface area contributed by atoms with Crippen LogP contribution in [0.3, 0.4) is 0 Å². The summed E-state index contributed by atoms with van der Waals surface area (Å²) in [6.07, 6.45) is 2.05. The van der Waals surface area contributed by atoms with E-state index in [-0.39, 0.29) is 25.1 Å². The zero-order valence-corrected chi connectivity index (χ0v) is 8.55. The van der Waals surface area contributed by atoms with Crippen LogP contribution in [-0.2, 0) is 9.53 Å². The molecule has 13 heavy (non-hydrogen) atoms. The van der Waals surface area contributed by atoms with Gasteiger partial charge in [-0.05, 0) is 19.9 Å². The summed E-state index contributed by atoms with van der Waals surface area (Å²) in [6.45, 7) is 1.85. The van der Waals surface area contributed by atoms with Gasteiger partial charge in [-0.3, -0.25) is 0 Å². The Kier molecular flexibility index (Phi) is 6.03. The number of carboxylic acids is 1. The Labute approximate surface area is 84.3 Å². The number of hydrogen-bond acceptors (Lipinski definition) is 3. The van der Waals surface area contributed by atoms with Gasteiger partial charge in [-0.15, -0.1) is 12.4 Å². The van der Waals surface area contributed by atoms with Crippen molar-refractivity contribution in [1.29, 1.82) is 0 Å². The summed E-state index contributed by atoms with van der Waals surface area (Å²) < 4.78 is 5.17. The maximum absolute atomic E-state index is 10.2. The number of carboxylic acid groups (broad SMARTS) is 1. The van der Waals surface area contributed by atoms with E-state index in [1.807, 2.05) is 0 Å². The fourth-order valence-corrected chi connectivity index (χ4v) is 1.34. The lowest BCUT2D eigenvalue weighted by molar-refractivity contribution is -0.145. The molecule has 1 aliphatic heterocycles.